The van der Waals surface area contributed by atoms with Crippen molar-refractivity contribution in [2.24, 2.45) is 5.73 Å². The van der Waals surface area contributed by atoms with E-state index in [1.807, 2.05) is 44.2 Å². The molecule has 0 saturated carbocycles. The Hall–Kier alpha value is -2.08. The van der Waals surface area contributed by atoms with E-state index in [0.717, 1.165) is 24.8 Å². The largest absolute Gasteiger partial charge is 0.445 e. The highest BCUT2D eigenvalue weighted by Gasteiger charge is 2.32. The van der Waals surface area contributed by atoms with Gasteiger partial charge in [-0.3, -0.25) is 4.79 Å². The lowest BCUT2D eigenvalue weighted by Gasteiger charge is -2.39. The molecule has 6 heteroatoms. The molecule has 26 heavy (non-hydrogen) atoms. The van der Waals surface area contributed by atoms with Crippen molar-refractivity contribution in [1.29, 1.82) is 0 Å². The van der Waals surface area contributed by atoms with Crippen molar-refractivity contribution in [2.45, 2.75) is 64.8 Å². The lowest BCUT2D eigenvalue weighted by Crippen LogP contribution is -2.54. The summed E-state index contributed by atoms with van der Waals surface area (Å²) in [7, 11) is 0. The summed E-state index contributed by atoms with van der Waals surface area (Å²) < 4.78 is 5.51. The van der Waals surface area contributed by atoms with E-state index in [1.165, 1.54) is 0 Å². The third kappa shape index (κ3) is 5.46. The standard InChI is InChI=1S/C20H31N3O3/c1-15(2)23(19(24)16(3)21)13-18-11-7-8-12-22(18)20(25)26-14-17-9-5-4-6-10-17/h4-6,9-10,15-16,18H,7-8,11-14,21H2,1-3H3/t16-,18+/m0/s1. The van der Waals surface area contributed by atoms with Crippen LogP contribution in [-0.2, 0) is 16.1 Å². The van der Waals surface area contributed by atoms with Crippen molar-refractivity contribution in [3.63, 3.8) is 0 Å². The number of ether oxygens (including phenoxy) is 1. The van der Waals surface area contributed by atoms with Gasteiger partial charge in [-0.2, -0.15) is 0 Å². The van der Waals surface area contributed by atoms with Crippen LogP contribution in [0, 0.1) is 0 Å². The molecule has 144 valence electrons. The Morgan fingerprint density at radius 1 is 1.23 bits per heavy atom. The number of carbonyl (C=O) groups excluding carboxylic acids is 2. The smallest absolute Gasteiger partial charge is 0.410 e. The molecule has 0 aliphatic carbocycles. The van der Waals surface area contributed by atoms with Gasteiger partial charge in [-0.15, -0.1) is 0 Å². The molecule has 1 aromatic rings. The van der Waals surface area contributed by atoms with Crippen LogP contribution in [0.2, 0.25) is 0 Å². The van der Waals surface area contributed by atoms with Gasteiger partial charge in [0.15, 0.2) is 0 Å². The van der Waals surface area contributed by atoms with Gasteiger partial charge in [0, 0.05) is 19.1 Å². The second-order valence-corrected chi connectivity index (χ2v) is 7.26. The van der Waals surface area contributed by atoms with E-state index < -0.39 is 6.04 Å². The Balaban J connectivity index is 2.01. The summed E-state index contributed by atoms with van der Waals surface area (Å²) in [4.78, 5) is 28.6. The molecule has 1 heterocycles. The number of hydrogen-bond acceptors (Lipinski definition) is 4. The first-order valence-electron chi connectivity index (χ1n) is 9.43. The Kier molecular flexibility index (Phi) is 7.45. The van der Waals surface area contributed by atoms with Gasteiger partial charge in [-0.05, 0) is 45.6 Å². The number of carbonyl (C=O) groups is 2. The lowest BCUT2D eigenvalue weighted by atomic mass is 10.0. The molecule has 1 aliphatic heterocycles. The molecule has 0 aromatic heterocycles. The van der Waals surface area contributed by atoms with Crippen molar-refractivity contribution < 1.29 is 14.3 Å². The topological polar surface area (TPSA) is 75.9 Å². The fraction of sp³-hybridized carbons (Fsp3) is 0.600. The summed E-state index contributed by atoms with van der Waals surface area (Å²) in [6.07, 6.45) is 2.57. The third-order valence-corrected chi connectivity index (χ3v) is 4.77. The minimum Gasteiger partial charge on any atom is -0.445 e. The number of nitrogens with zero attached hydrogens (tertiary/aromatic N) is 2. The number of rotatable bonds is 6. The monoisotopic (exact) mass is 361 g/mol. The van der Waals surface area contributed by atoms with Gasteiger partial charge in [-0.25, -0.2) is 4.79 Å². The van der Waals surface area contributed by atoms with Crippen LogP contribution >= 0.6 is 0 Å². The third-order valence-electron chi connectivity index (χ3n) is 4.77. The molecule has 1 saturated heterocycles. The predicted octanol–water partition coefficient (Wildman–Crippen LogP) is 2.76. The van der Waals surface area contributed by atoms with Gasteiger partial charge in [0.25, 0.3) is 0 Å². The molecule has 2 N–H and O–H groups in total. The van der Waals surface area contributed by atoms with Gasteiger partial charge in [0.05, 0.1) is 12.1 Å². The Morgan fingerprint density at radius 2 is 1.92 bits per heavy atom. The molecule has 0 unspecified atom stereocenters. The Labute approximate surface area is 156 Å². The molecule has 0 bridgehead atoms. The van der Waals surface area contributed by atoms with Gasteiger partial charge in [0.2, 0.25) is 5.91 Å². The van der Waals surface area contributed by atoms with Crippen LogP contribution in [0.4, 0.5) is 4.79 Å². The van der Waals surface area contributed by atoms with Gasteiger partial charge >= 0.3 is 6.09 Å². The summed E-state index contributed by atoms with van der Waals surface area (Å²) in [6, 6.07) is 9.11. The number of nitrogens with two attached hydrogens (primary N) is 1. The van der Waals surface area contributed by atoms with E-state index >= 15 is 0 Å². The average molecular weight is 361 g/mol. The molecule has 1 aromatic carbocycles. The molecule has 0 radical (unpaired) electrons. The molecule has 1 aliphatic rings. The highest BCUT2D eigenvalue weighted by atomic mass is 16.6. The normalized spacial score (nSPS) is 18.5. The number of benzene rings is 1. The van der Waals surface area contributed by atoms with Crippen LogP contribution in [0.1, 0.15) is 45.6 Å². The van der Waals surface area contributed by atoms with Crippen LogP contribution in [0.3, 0.4) is 0 Å². The maximum atomic E-state index is 12.6. The van der Waals surface area contributed by atoms with Crippen molar-refractivity contribution in [1.82, 2.24) is 9.80 Å². The van der Waals surface area contributed by atoms with Crippen LogP contribution in [0.25, 0.3) is 0 Å². The van der Waals surface area contributed by atoms with Gasteiger partial charge in [-0.1, -0.05) is 30.3 Å². The van der Waals surface area contributed by atoms with E-state index in [-0.39, 0.29) is 30.7 Å². The first-order valence-corrected chi connectivity index (χ1v) is 9.43. The summed E-state index contributed by atoms with van der Waals surface area (Å²) in [6.45, 7) is 7.07. The maximum Gasteiger partial charge on any atom is 0.410 e. The predicted molar refractivity (Wildman–Crippen MR) is 101 cm³/mol. The molecule has 2 rings (SSSR count). The van der Waals surface area contributed by atoms with Gasteiger partial charge < -0.3 is 20.3 Å². The fourth-order valence-corrected chi connectivity index (χ4v) is 3.28. The summed E-state index contributed by atoms with van der Waals surface area (Å²) in [5, 5.41) is 0. The highest BCUT2D eigenvalue weighted by molar-refractivity contribution is 5.81. The van der Waals surface area contributed by atoms with E-state index in [9.17, 15) is 9.59 Å². The average Bonchev–Trinajstić information content (AvgIpc) is 2.64. The van der Waals surface area contributed by atoms with Crippen LogP contribution < -0.4 is 5.73 Å². The zero-order valence-corrected chi connectivity index (χ0v) is 16.1. The maximum absolute atomic E-state index is 12.6. The molecule has 0 spiro atoms. The first kappa shape index (κ1) is 20.2. The Bertz CT molecular complexity index is 589. The minimum absolute atomic E-state index is 0.0304. The number of hydrogen-bond donors (Lipinski definition) is 1. The molecule has 2 amide bonds. The summed E-state index contributed by atoms with van der Waals surface area (Å²) in [5.41, 5.74) is 6.75. The molecular formula is C20H31N3O3. The number of piperidine rings is 1. The van der Waals surface area contributed by atoms with Crippen molar-refractivity contribution in [3.8, 4) is 0 Å². The van der Waals surface area contributed by atoms with E-state index in [2.05, 4.69) is 0 Å². The Morgan fingerprint density at radius 3 is 2.54 bits per heavy atom. The summed E-state index contributed by atoms with van der Waals surface area (Å²) in [5.74, 6) is -0.0804. The van der Waals surface area contributed by atoms with Crippen molar-refractivity contribution in [2.75, 3.05) is 13.1 Å². The van der Waals surface area contributed by atoms with E-state index in [1.54, 1.807) is 16.7 Å². The highest BCUT2D eigenvalue weighted by Crippen LogP contribution is 2.21. The lowest BCUT2D eigenvalue weighted by molar-refractivity contribution is -0.135. The quantitative estimate of drug-likeness (QED) is 0.845. The molecule has 2 atom stereocenters. The fourth-order valence-electron chi connectivity index (χ4n) is 3.28. The second-order valence-electron chi connectivity index (χ2n) is 7.26. The van der Waals surface area contributed by atoms with E-state index in [0.29, 0.717) is 13.1 Å². The van der Waals surface area contributed by atoms with Crippen LogP contribution in [0.15, 0.2) is 30.3 Å². The zero-order chi connectivity index (χ0) is 19.1. The van der Waals surface area contributed by atoms with Crippen molar-refractivity contribution in [3.05, 3.63) is 35.9 Å². The SMILES string of the molecule is CC(C)N(C[C@H]1CCCCN1C(=O)OCc1ccccc1)C(=O)[C@H](C)N. The van der Waals surface area contributed by atoms with Crippen LogP contribution in [0.5, 0.6) is 0 Å². The minimum atomic E-state index is -0.542. The number of likely N-dealkylation sites (tertiary alicyclic amines) is 1. The van der Waals surface area contributed by atoms with Crippen LogP contribution in [-0.4, -0.2) is 53.0 Å². The first-order chi connectivity index (χ1) is 12.4. The summed E-state index contributed by atoms with van der Waals surface area (Å²) >= 11 is 0. The second kappa shape index (κ2) is 9.57. The molecule has 6 nitrogen and oxygen atoms in total. The molecule has 1 fully saturated rings. The number of amides is 2. The van der Waals surface area contributed by atoms with Gasteiger partial charge in [0.1, 0.15) is 6.61 Å². The van der Waals surface area contributed by atoms with E-state index in [4.69, 9.17) is 10.5 Å². The zero-order valence-electron chi connectivity index (χ0n) is 16.1. The molecular weight excluding hydrogens is 330 g/mol. The van der Waals surface area contributed by atoms with Crippen molar-refractivity contribution >= 4 is 12.0 Å².